The second kappa shape index (κ2) is 4.71. The van der Waals surface area contributed by atoms with Crippen molar-refractivity contribution in [2.24, 2.45) is 5.92 Å². The second-order valence-electron chi connectivity index (χ2n) is 4.29. The number of aliphatic hydroxyl groups is 1. The predicted molar refractivity (Wildman–Crippen MR) is 59.3 cm³/mol. The van der Waals surface area contributed by atoms with Crippen molar-refractivity contribution in [2.45, 2.75) is 5.92 Å². The molecule has 5 heteroatoms. The molecule has 2 N–H and O–H groups in total. The summed E-state index contributed by atoms with van der Waals surface area (Å²) in [5.41, 5.74) is 0.870. The van der Waals surface area contributed by atoms with Crippen LogP contribution >= 0.6 is 0 Å². The Morgan fingerprint density at radius 1 is 1.35 bits per heavy atom. The van der Waals surface area contributed by atoms with Crippen molar-refractivity contribution < 1.29 is 19.4 Å². The highest BCUT2D eigenvalue weighted by molar-refractivity contribution is 5.65. The van der Waals surface area contributed by atoms with Crippen LogP contribution in [0.15, 0.2) is 24.3 Å². The van der Waals surface area contributed by atoms with Crippen molar-refractivity contribution in [1.29, 1.82) is 0 Å². The van der Waals surface area contributed by atoms with E-state index in [9.17, 15) is 14.3 Å². The van der Waals surface area contributed by atoms with Gasteiger partial charge in [0.1, 0.15) is 5.82 Å². The Hall–Kier alpha value is -1.62. The topological polar surface area (TPSA) is 60.8 Å². The summed E-state index contributed by atoms with van der Waals surface area (Å²) in [5.74, 6) is -0.490. The van der Waals surface area contributed by atoms with Gasteiger partial charge in [0.15, 0.2) is 0 Å². The van der Waals surface area contributed by atoms with Crippen molar-refractivity contribution in [2.75, 3.05) is 19.7 Å². The van der Waals surface area contributed by atoms with Gasteiger partial charge in [-0.15, -0.1) is 0 Å². The molecule has 0 bridgehead atoms. The summed E-state index contributed by atoms with van der Waals surface area (Å²) in [5, 5.41) is 18.2. The third kappa shape index (κ3) is 2.39. The van der Waals surface area contributed by atoms with Gasteiger partial charge < -0.3 is 15.1 Å². The van der Waals surface area contributed by atoms with Gasteiger partial charge in [-0.3, -0.25) is 0 Å². The van der Waals surface area contributed by atoms with Gasteiger partial charge in [-0.25, -0.2) is 9.18 Å². The van der Waals surface area contributed by atoms with E-state index in [0.29, 0.717) is 13.1 Å². The van der Waals surface area contributed by atoms with Crippen LogP contribution in [0.2, 0.25) is 0 Å². The molecule has 0 aromatic heterocycles. The maximum absolute atomic E-state index is 12.8. The molecule has 1 aromatic rings. The number of nitrogens with zero attached hydrogens (tertiary/aromatic N) is 1. The fraction of sp³-hybridized carbons (Fsp3) is 0.417. The number of aliphatic hydroxyl groups excluding tert-OH is 1. The van der Waals surface area contributed by atoms with Crippen LogP contribution in [0.3, 0.4) is 0 Å². The third-order valence-electron chi connectivity index (χ3n) is 3.24. The minimum Gasteiger partial charge on any atom is -0.465 e. The Kier molecular flexibility index (Phi) is 3.28. The SMILES string of the molecule is O=C(O)N1C[C@H](CO)[C@@H](c2ccc(F)cc2)C1. The molecule has 0 spiro atoms. The lowest BCUT2D eigenvalue weighted by Gasteiger charge is -2.15. The van der Waals surface area contributed by atoms with E-state index in [1.807, 2.05) is 0 Å². The Balaban J connectivity index is 2.19. The van der Waals surface area contributed by atoms with Gasteiger partial charge >= 0.3 is 6.09 Å². The summed E-state index contributed by atoms with van der Waals surface area (Å²) in [7, 11) is 0. The molecular formula is C12H14FNO3. The molecule has 1 heterocycles. The van der Waals surface area contributed by atoms with Crippen LogP contribution in [-0.4, -0.2) is 40.9 Å². The van der Waals surface area contributed by atoms with Crippen LogP contribution in [-0.2, 0) is 0 Å². The van der Waals surface area contributed by atoms with Crippen LogP contribution in [0, 0.1) is 11.7 Å². The van der Waals surface area contributed by atoms with Crippen LogP contribution in [0.25, 0.3) is 0 Å². The van der Waals surface area contributed by atoms with E-state index in [2.05, 4.69) is 0 Å². The van der Waals surface area contributed by atoms with E-state index in [0.717, 1.165) is 5.56 Å². The Morgan fingerprint density at radius 3 is 2.53 bits per heavy atom. The normalized spacial score (nSPS) is 24.0. The summed E-state index contributed by atoms with van der Waals surface area (Å²) in [6.45, 7) is 0.617. The van der Waals surface area contributed by atoms with Gasteiger partial charge in [0.05, 0.1) is 0 Å². The van der Waals surface area contributed by atoms with Crippen molar-refractivity contribution >= 4 is 6.09 Å². The van der Waals surface area contributed by atoms with Crippen LogP contribution in [0.5, 0.6) is 0 Å². The van der Waals surface area contributed by atoms with Crippen LogP contribution < -0.4 is 0 Å². The lowest BCUT2D eigenvalue weighted by molar-refractivity contribution is 0.150. The highest BCUT2D eigenvalue weighted by Crippen LogP contribution is 2.32. The highest BCUT2D eigenvalue weighted by atomic mass is 19.1. The highest BCUT2D eigenvalue weighted by Gasteiger charge is 2.35. The van der Waals surface area contributed by atoms with E-state index >= 15 is 0 Å². The zero-order valence-corrected chi connectivity index (χ0v) is 9.21. The van der Waals surface area contributed by atoms with Crippen molar-refractivity contribution in [1.82, 2.24) is 4.90 Å². The number of hydrogen-bond acceptors (Lipinski definition) is 2. The Morgan fingerprint density at radius 2 is 2.00 bits per heavy atom. The average molecular weight is 239 g/mol. The molecule has 0 unspecified atom stereocenters. The molecule has 2 rings (SSSR count). The van der Waals surface area contributed by atoms with Gasteiger partial charge in [-0.1, -0.05) is 12.1 Å². The van der Waals surface area contributed by atoms with Crippen LogP contribution in [0.4, 0.5) is 9.18 Å². The molecule has 0 aliphatic carbocycles. The molecular weight excluding hydrogens is 225 g/mol. The maximum Gasteiger partial charge on any atom is 0.407 e. The Labute approximate surface area is 98.3 Å². The monoisotopic (exact) mass is 239 g/mol. The molecule has 2 atom stereocenters. The van der Waals surface area contributed by atoms with Gasteiger partial charge in [0, 0.05) is 31.5 Å². The average Bonchev–Trinajstić information content (AvgIpc) is 2.74. The third-order valence-corrected chi connectivity index (χ3v) is 3.24. The van der Waals surface area contributed by atoms with Crippen molar-refractivity contribution in [3.05, 3.63) is 35.6 Å². The molecule has 0 saturated carbocycles. The molecule has 1 fully saturated rings. The number of benzene rings is 1. The van der Waals surface area contributed by atoms with Crippen LogP contribution in [0.1, 0.15) is 11.5 Å². The largest absolute Gasteiger partial charge is 0.465 e. The fourth-order valence-electron chi connectivity index (χ4n) is 2.30. The fourth-order valence-corrected chi connectivity index (χ4v) is 2.30. The summed E-state index contributed by atoms with van der Waals surface area (Å²) in [6, 6.07) is 6.00. The molecule has 92 valence electrons. The molecule has 1 saturated heterocycles. The molecule has 17 heavy (non-hydrogen) atoms. The number of carbonyl (C=O) groups is 1. The summed E-state index contributed by atoms with van der Waals surface area (Å²) >= 11 is 0. The predicted octanol–water partition coefficient (Wildman–Crippen LogP) is 1.51. The minimum atomic E-state index is -0.979. The van der Waals surface area contributed by atoms with E-state index in [1.165, 1.54) is 17.0 Å². The number of halogens is 1. The standard InChI is InChI=1S/C12H14FNO3/c13-10-3-1-8(2-4-10)11-6-14(12(16)17)5-9(11)7-15/h1-4,9,11,15H,5-7H2,(H,16,17)/t9-,11-/m1/s1. The van der Waals surface area contributed by atoms with Gasteiger partial charge in [0.25, 0.3) is 0 Å². The molecule has 1 aliphatic heterocycles. The van der Waals surface area contributed by atoms with Gasteiger partial charge in [0.2, 0.25) is 0 Å². The first kappa shape index (κ1) is 11.9. The lowest BCUT2D eigenvalue weighted by atomic mass is 9.89. The smallest absolute Gasteiger partial charge is 0.407 e. The molecule has 1 amide bonds. The second-order valence-corrected chi connectivity index (χ2v) is 4.29. The van der Waals surface area contributed by atoms with E-state index in [-0.39, 0.29) is 24.3 Å². The van der Waals surface area contributed by atoms with E-state index in [4.69, 9.17) is 5.11 Å². The van der Waals surface area contributed by atoms with Gasteiger partial charge in [-0.2, -0.15) is 0 Å². The lowest BCUT2D eigenvalue weighted by Crippen LogP contribution is -2.27. The van der Waals surface area contributed by atoms with E-state index < -0.39 is 6.09 Å². The minimum absolute atomic E-state index is 0.0586. The molecule has 1 aliphatic rings. The van der Waals surface area contributed by atoms with E-state index in [1.54, 1.807) is 12.1 Å². The van der Waals surface area contributed by atoms with Crippen molar-refractivity contribution in [3.8, 4) is 0 Å². The first-order valence-electron chi connectivity index (χ1n) is 5.46. The maximum atomic E-state index is 12.8. The van der Waals surface area contributed by atoms with Crippen molar-refractivity contribution in [3.63, 3.8) is 0 Å². The number of hydrogen-bond donors (Lipinski definition) is 2. The number of carboxylic acid groups (broad SMARTS) is 1. The quantitative estimate of drug-likeness (QED) is 0.822. The first-order valence-corrected chi connectivity index (χ1v) is 5.46. The number of amides is 1. The molecule has 4 nitrogen and oxygen atoms in total. The molecule has 0 radical (unpaired) electrons. The summed E-state index contributed by atoms with van der Waals surface area (Å²) in [6.07, 6.45) is -0.979. The molecule has 1 aromatic carbocycles. The van der Waals surface area contributed by atoms with Gasteiger partial charge in [-0.05, 0) is 17.7 Å². The number of rotatable bonds is 2. The zero-order valence-electron chi connectivity index (χ0n) is 9.21. The summed E-state index contributed by atoms with van der Waals surface area (Å²) in [4.78, 5) is 12.2. The number of likely N-dealkylation sites (tertiary alicyclic amines) is 1. The zero-order chi connectivity index (χ0) is 12.4. The Bertz CT molecular complexity index is 407. The summed E-state index contributed by atoms with van der Waals surface area (Å²) < 4.78 is 12.8. The first-order chi connectivity index (χ1) is 8.11.